The largest absolute Gasteiger partial charge is 0.496 e. The number of hydrogen-bond acceptors (Lipinski definition) is 4. The van der Waals surface area contributed by atoms with Gasteiger partial charge in [0.05, 0.1) is 7.11 Å². The first-order valence-electron chi connectivity index (χ1n) is 6.64. The van der Waals surface area contributed by atoms with Gasteiger partial charge >= 0.3 is 5.97 Å². The van der Waals surface area contributed by atoms with Crippen LogP contribution in [0.4, 0.5) is 0 Å². The molecule has 0 amide bonds. The average molecular weight is 280 g/mol. The van der Waals surface area contributed by atoms with Gasteiger partial charge in [-0.15, -0.1) is 0 Å². The van der Waals surface area contributed by atoms with E-state index in [-0.39, 0.29) is 0 Å². The van der Waals surface area contributed by atoms with Crippen molar-refractivity contribution in [2.45, 2.75) is 18.9 Å². The number of carboxylic acids is 1. The van der Waals surface area contributed by atoms with E-state index in [2.05, 4.69) is 5.32 Å². The fourth-order valence-corrected chi connectivity index (χ4v) is 2.00. The maximum Gasteiger partial charge on any atom is 0.323 e. The Balaban J connectivity index is 2.82. The van der Waals surface area contributed by atoms with Gasteiger partial charge in [-0.25, -0.2) is 0 Å². The Labute approximate surface area is 120 Å². The van der Waals surface area contributed by atoms with Gasteiger partial charge in [-0.1, -0.05) is 18.2 Å². The molecule has 0 aliphatic rings. The zero-order chi connectivity index (χ0) is 15.2. The van der Waals surface area contributed by atoms with E-state index in [1.54, 1.807) is 14.0 Å². The van der Waals surface area contributed by atoms with Gasteiger partial charge in [0.25, 0.3) is 0 Å². The SMILES string of the molecule is COc1ccccc1CC(C)(NCCN(C)C)C(=O)O. The summed E-state index contributed by atoms with van der Waals surface area (Å²) in [4.78, 5) is 13.6. The van der Waals surface area contributed by atoms with Crippen LogP contribution in [0.1, 0.15) is 12.5 Å². The van der Waals surface area contributed by atoms with E-state index in [1.807, 2.05) is 43.3 Å². The van der Waals surface area contributed by atoms with Gasteiger partial charge < -0.3 is 20.1 Å². The molecule has 20 heavy (non-hydrogen) atoms. The van der Waals surface area contributed by atoms with E-state index >= 15 is 0 Å². The number of nitrogens with one attached hydrogen (secondary N) is 1. The maximum absolute atomic E-state index is 11.6. The first kappa shape index (κ1) is 16.5. The smallest absolute Gasteiger partial charge is 0.323 e. The number of ether oxygens (including phenoxy) is 1. The van der Waals surface area contributed by atoms with Crippen LogP contribution < -0.4 is 10.1 Å². The van der Waals surface area contributed by atoms with Crippen molar-refractivity contribution >= 4 is 5.97 Å². The lowest BCUT2D eigenvalue weighted by Crippen LogP contribution is -2.53. The maximum atomic E-state index is 11.6. The van der Waals surface area contributed by atoms with E-state index < -0.39 is 11.5 Å². The average Bonchev–Trinajstić information content (AvgIpc) is 2.38. The van der Waals surface area contributed by atoms with Crippen molar-refractivity contribution in [3.63, 3.8) is 0 Å². The van der Waals surface area contributed by atoms with Crippen molar-refractivity contribution in [2.75, 3.05) is 34.3 Å². The molecule has 0 spiro atoms. The van der Waals surface area contributed by atoms with Crippen LogP contribution in [0.5, 0.6) is 5.75 Å². The number of carboxylic acid groups (broad SMARTS) is 1. The van der Waals surface area contributed by atoms with Gasteiger partial charge in [-0.2, -0.15) is 0 Å². The van der Waals surface area contributed by atoms with Crippen LogP contribution in [-0.2, 0) is 11.2 Å². The summed E-state index contributed by atoms with van der Waals surface area (Å²) >= 11 is 0. The molecule has 0 aliphatic heterocycles. The Kier molecular flexibility index (Phi) is 5.98. The van der Waals surface area contributed by atoms with Crippen LogP contribution >= 0.6 is 0 Å². The summed E-state index contributed by atoms with van der Waals surface area (Å²) in [5, 5.41) is 12.6. The first-order chi connectivity index (χ1) is 9.39. The first-order valence-corrected chi connectivity index (χ1v) is 6.64. The molecule has 112 valence electrons. The molecule has 0 fully saturated rings. The van der Waals surface area contributed by atoms with Crippen molar-refractivity contribution in [1.29, 1.82) is 0 Å². The van der Waals surface area contributed by atoms with E-state index in [0.717, 1.165) is 17.9 Å². The van der Waals surface area contributed by atoms with E-state index in [0.29, 0.717) is 13.0 Å². The van der Waals surface area contributed by atoms with Crippen LogP contribution in [0.25, 0.3) is 0 Å². The number of aliphatic carboxylic acids is 1. The summed E-state index contributed by atoms with van der Waals surface area (Å²) in [5.74, 6) is -0.142. The highest BCUT2D eigenvalue weighted by Gasteiger charge is 2.33. The number of carbonyl (C=O) groups is 1. The number of hydrogen-bond donors (Lipinski definition) is 2. The van der Waals surface area contributed by atoms with Crippen LogP contribution in [0, 0.1) is 0 Å². The molecule has 1 unspecified atom stereocenters. The summed E-state index contributed by atoms with van der Waals surface area (Å²) in [7, 11) is 5.51. The lowest BCUT2D eigenvalue weighted by Gasteiger charge is -2.28. The van der Waals surface area contributed by atoms with Gasteiger partial charge in [0.2, 0.25) is 0 Å². The van der Waals surface area contributed by atoms with E-state index in [1.165, 1.54) is 0 Å². The van der Waals surface area contributed by atoms with Crippen LogP contribution in [0.3, 0.4) is 0 Å². The summed E-state index contributed by atoms with van der Waals surface area (Å²) < 4.78 is 5.28. The molecular weight excluding hydrogens is 256 g/mol. The van der Waals surface area contributed by atoms with Crippen LogP contribution in [0.2, 0.25) is 0 Å². The molecule has 1 aromatic carbocycles. The standard InChI is InChI=1S/C15H24N2O3/c1-15(14(18)19,16-9-10-17(2)3)11-12-7-5-6-8-13(12)20-4/h5-8,16H,9-11H2,1-4H3,(H,18,19). The predicted molar refractivity (Wildman–Crippen MR) is 79.3 cm³/mol. The quantitative estimate of drug-likeness (QED) is 0.750. The minimum Gasteiger partial charge on any atom is -0.496 e. The van der Waals surface area contributed by atoms with Crippen molar-refractivity contribution in [2.24, 2.45) is 0 Å². The van der Waals surface area contributed by atoms with Gasteiger partial charge in [-0.3, -0.25) is 4.79 Å². The summed E-state index contributed by atoms with van der Waals surface area (Å²) in [6.45, 7) is 3.11. The molecule has 0 bridgehead atoms. The zero-order valence-electron chi connectivity index (χ0n) is 12.6. The molecular formula is C15H24N2O3. The molecule has 0 saturated carbocycles. The van der Waals surface area contributed by atoms with Crippen molar-refractivity contribution in [1.82, 2.24) is 10.2 Å². The Morgan fingerprint density at radius 2 is 2.05 bits per heavy atom. The number of para-hydroxylation sites is 1. The second-order valence-electron chi connectivity index (χ2n) is 5.36. The third-order valence-electron chi connectivity index (χ3n) is 3.28. The Hall–Kier alpha value is -1.59. The highest BCUT2D eigenvalue weighted by Crippen LogP contribution is 2.23. The minimum absolute atomic E-state index is 0.375. The molecule has 5 heteroatoms. The zero-order valence-corrected chi connectivity index (χ0v) is 12.6. The summed E-state index contributed by atoms with van der Waals surface area (Å²) in [5.41, 5.74) is -0.123. The summed E-state index contributed by atoms with van der Waals surface area (Å²) in [6, 6.07) is 7.50. The minimum atomic E-state index is -1.01. The number of nitrogens with zero attached hydrogens (tertiary/aromatic N) is 1. The fourth-order valence-electron chi connectivity index (χ4n) is 2.00. The van der Waals surface area contributed by atoms with E-state index in [9.17, 15) is 9.90 Å². The number of likely N-dealkylation sites (N-methyl/N-ethyl adjacent to an activating group) is 1. The lowest BCUT2D eigenvalue weighted by molar-refractivity contribution is -0.144. The third kappa shape index (κ3) is 4.51. The molecule has 0 aliphatic carbocycles. The molecule has 0 radical (unpaired) electrons. The number of rotatable bonds is 8. The van der Waals surface area contributed by atoms with Gasteiger partial charge in [0, 0.05) is 19.5 Å². The highest BCUT2D eigenvalue weighted by molar-refractivity contribution is 5.78. The van der Waals surface area contributed by atoms with Crippen LogP contribution in [-0.4, -0.2) is 55.8 Å². The second-order valence-corrected chi connectivity index (χ2v) is 5.36. The van der Waals surface area contributed by atoms with Crippen molar-refractivity contribution < 1.29 is 14.6 Å². The highest BCUT2D eigenvalue weighted by atomic mass is 16.5. The molecule has 0 heterocycles. The predicted octanol–water partition coefficient (Wildman–Crippen LogP) is 1.23. The van der Waals surface area contributed by atoms with Gasteiger partial charge in [0.1, 0.15) is 11.3 Å². The molecule has 0 aromatic heterocycles. The number of methoxy groups -OCH3 is 1. The Morgan fingerprint density at radius 3 is 2.60 bits per heavy atom. The van der Waals surface area contributed by atoms with Gasteiger partial charge in [-0.05, 0) is 32.6 Å². The summed E-state index contributed by atoms with van der Waals surface area (Å²) in [6.07, 6.45) is 0.375. The third-order valence-corrected chi connectivity index (χ3v) is 3.28. The molecule has 1 aromatic rings. The van der Waals surface area contributed by atoms with Crippen molar-refractivity contribution in [3.8, 4) is 5.75 Å². The van der Waals surface area contributed by atoms with E-state index in [4.69, 9.17) is 4.74 Å². The number of benzene rings is 1. The fraction of sp³-hybridized carbons (Fsp3) is 0.533. The molecule has 1 atom stereocenters. The normalized spacial score (nSPS) is 14.1. The van der Waals surface area contributed by atoms with Gasteiger partial charge in [0.15, 0.2) is 0 Å². The molecule has 1 rings (SSSR count). The monoisotopic (exact) mass is 280 g/mol. The molecule has 2 N–H and O–H groups in total. The Morgan fingerprint density at radius 1 is 1.40 bits per heavy atom. The van der Waals surface area contributed by atoms with Crippen LogP contribution in [0.15, 0.2) is 24.3 Å². The van der Waals surface area contributed by atoms with Crippen molar-refractivity contribution in [3.05, 3.63) is 29.8 Å². The molecule has 0 saturated heterocycles. The molecule has 5 nitrogen and oxygen atoms in total. The Bertz CT molecular complexity index is 448. The lowest BCUT2D eigenvalue weighted by atomic mass is 9.92. The second kappa shape index (κ2) is 7.26. The topological polar surface area (TPSA) is 61.8 Å².